The van der Waals surface area contributed by atoms with Crippen molar-refractivity contribution in [1.29, 1.82) is 0 Å². The lowest BCUT2D eigenvalue weighted by atomic mass is 10.2. The molecule has 3 nitrogen and oxygen atoms in total. The highest BCUT2D eigenvalue weighted by molar-refractivity contribution is 7.99. The molecular formula is C20H22N2OS. The summed E-state index contributed by atoms with van der Waals surface area (Å²) >= 11 is 1.89. The van der Waals surface area contributed by atoms with Gasteiger partial charge in [-0.1, -0.05) is 50.5 Å². The Hall–Kier alpha value is -2.07. The molecule has 0 aliphatic rings. The van der Waals surface area contributed by atoms with Gasteiger partial charge >= 0.3 is 0 Å². The van der Waals surface area contributed by atoms with Crippen LogP contribution in [0.15, 0.2) is 58.2 Å². The second-order valence-corrected chi connectivity index (χ2v) is 7.03. The van der Waals surface area contributed by atoms with Crippen LogP contribution in [0, 0.1) is 0 Å². The first-order valence-electron chi connectivity index (χ1n) is 8.50. The molecule has 124 valence electrons. The number of aromatic nitrogens is 2. The van der Waals surface area contributed by atoms with Crippen molar-refractivity contribution in [2.24, 2.45) is 0 Å². The van der Waals surface area contributed by atoms with E-state index in [0.29, 0.717) is 11.2 Å². The number of hydrogen-bond donors (Lipinski definition) is 1. The largest absolute Gasteiger partial charge is 0.306 e. The van der Waals surface area contributed by atoms with Crippen molar-refractivity contribution in [3.8, 4) is 11.4 Å². The molecule has 0 bridgehead atoms. The van der Waals surface area contributed by atoms with E-state index in [4.69, 9.17) is 0 Å². The minimum Gasteiger partial charge on any atom is -0.306 e. The lowest BCUT2D eigenvalue weighted by Gasteiger charge is -2.05. The number of nitrogens with zero attached hydrogens (tertiary/aromatic N) is 1. The zero-order valence-corrected chi connectivity index (χ0v) is 14.7. The number of rotatable bonds is 7. The van der Waals surface area contributed by atoms with Gasteiger partial charge in [0, 0.05) is 10.5 Å². The first-order valence-corrected chi connectivity index (χ1v) is 9.49. The molecule has 0 saturated carbocycles. The van der Waals surface area contributed by atoms with Gasteiger partial charge in [-0.25, -0.2) is 4.98 Å². The van der Waals surface area contributed by atoms with E-state index in [2.05, 4.69) is 29.0 Å². The Bertz CT molecular complexity index is 855. The van der Waals surface area contributed by atoms with E-state index < -0.39 is 0 Å². The SMILES string of the molecule is CCCCCCSc1ccc(-c2nc3ccccc3c(=O)[nH]2)cc1. The predicted octanol–water partition coefficient (Wildman–Crippen LogP) is 5.26. The minimum atomic E-state index is -0.0926. The molecule has 0 fully saturated rings. The topological polar surface area (TPSA) is 45.8 Å². The van der Waals surface area contributed by atoms with Crippen LogP contribution < -0.4 is 5.56 Å². The average Bonchev–Trinajstić information content (AvgIpc) is 2.62. The second-order valence-electron chi connectivity index (χ2n) is 5.87. The molecule has 24 heavy (non-hydrogen) atoms. The number of thioether (sulfide) groups is 1. The van der Waals surface area contributed by atoms with Gasteiger partial charge in [0.2, 0.25) is 0 Å². The monoisotopic (exact) mass is 338 g/mol. The number of H-pyrrole nitrogens is 1. The number of para-hydroxylation sites is 1. The predicted molar refractivity (Wildman–Crippen MR) is 103 cm³/mol. The lowest BCUT2D eigenvalue weighted by Crippen LogP contribution is -2.09. The first-order chi connectivity index (χ1) is 11.8. The van der Waals surface area contributed by atoms with Crippen LogP contribution in [-0.4, -0.2) is 15.7 Å². The fraction of sp³-hybridized carbons (Fsp3) is 0.300. The molecule has 0 aliphatic heterocycles. The standard InChI is InChI=1S/C20H22N2OS/c1-2-3-4-7-14-24-16-12-10-15(11-13-16)19-21-18-9-6-5-8-17(18)20(23)22-19/h5-6,8-13H,2-4,7,14H2,1H3,(H,21,22,23). The molecule has 2 aromatic carbocycles. The van der Waals surface area contributed by atoms with Gasteiger partial charge in [0.15, 0.2) is 0 Å². The molecule has 0 aliphatic carbocycles. The third-order valence-electron chi connectivity index (χ3n) is 4.01. The Labute approximate surface area is 146 Å². The Morgan fingerprint density at radius 3 is 2.58 bits per heavy atom. The van der Waals surface area contributed by atoms with Crippen molar-refractivity contribution >= 4 is 22.7 Å². The average molecular weight is 338 g/mol. The van der Waals surface area contributed by atoms with Gasteiger partial charge in [-0.05, 0) is 36.4 Å². The van der Waals surface area contributed by atoms with Gasteiger partial charge in [-0.3, -0.25) is 4.79 Å². The van der Waals surface area contributed by atoms with Crippen LogP contribution in [0.2, 0.25) is 0 Å². The molecule has 1 heterocycles. The van der Waals surface area contributed by atoms with Crippen LogP contribution >= 0.6 is 11.8 Å². The Morgan fingerprint density at radius 1 is 1.00 bits per heavy atom. The van der Waals surface area contributed by atoms with E-state index in [0.717, 1.165) is 16.8 Å². The zero-order valence-electron chi connectivity index (χ0n) is 13.9. The molecule has 0 unspecified atom stereocenters. The minimum absolute atomic E-state index is 0.0926. The summed E-state index contributed by atoms with van der Waals surface area (Å²) in [5, 5.41) is 0.625. The van der Waals surface area contributed by atoms with Crippen molar-refractivity contribution in [2.45, 2.75) is 37.5 Å². The molecule has 0 radical (unpaired) electrons. The molecular weight excluding hydrogens is 316 g/mol. The summed E-state index contributed by atoms with van der Waals surface area (Å²) in [6, 6.07) is 15.7. The van der Waals surface area contributed by atoms with Crippen LogP contribution in [0.4, 0.5) is 0 Å². The molecule has 0 saturated heterocycles. The molecule has 3 aromatic rings. The van der Waals surface area contributed by atoms with Gasteiger partial charge < -0.3 is 4.98 Å². The summed E-state index contributed by atoms with van der Waals surface area (Å²) in [5.41, 5.74) is 1.57. The highest BCUT2D eigenvalue weighted by Gasteiger charge is 2.05. The number of fused-ring (bicyclic) bond motifs is 1. The summed E-state index contributed by atoms with van der Waals surface area (Å²) in [6.45, 7) is 2.23. The molecule has 1 aromatic heterocycles. The third kappa shape index (κ3) is 4.06. The van der Waals surface area contributed by atoms with Crippen molar-refractivity contribution < 1.29 is 0 Å². The smallest absolute Gasteiger partial charge is 0.259 e. The summed E-state index contributed by atoms with van der Waals surface area (Å²) in [7, 11) is 0. The summed E-state index contributed by atoms with van der Waals surface area (Å²) in [5.74, 6) is 1.78. The van der Waals surface area contributed by atoms with E-state index in [-0.39, 0.29) is 5.56 Å². The number of hydrogen-bond acceptors (Lipinski definition) is 3. The van der Waals surface area contributed by atoms with Crippen LogP contribution in [0.3, 0.4) is 0 Å². The fourth-order valence-corrected chi connectivity index (χ4v) is 3.56. The number of aromatic amines is 1. The van der Waals surface area contributed by atoms with Gasteiger partial charge in [-0.15, -0.1) is 11.8 Å². The van der Waals surface area contributed by atoms with Crippen LogP contribution in [0.25, 0.3) is 22.3 Å². The molecule has 1 N–H and O–H groups in total. The normalized spacial score (nSPS) is 11.0. The van der Waals surface area contributed by atoms with Crippen LogP contribution in [-0.2, 0) is 0 Å². The molecule has 3 rings (SSSR count). The Kier molecular flexibility index (Phi) is 5.70. The highest BCUT2D eigenvalue weighted by Crippen LogP contribution is 2.23. The molecule has 0 amide bonds. The number of nitrogens with one attached hydrogen (secondary N) is 1. The van der Waals surface area contributed by atoms with Gasteiger partial charge in [-0.2, -0.15) is 0 Å². The van der Waals surface area contributed by atoms with Gasteiger partial charge in [0.05, 0.1) is 10.9 Å². The molecule has 0 spiro atoms. The fourth-order valence-electron chi connectivity index (χ4n) is 2.65. The maximum atomic E-state index is 12.2. The van der Waals surface area contributed by atoms with Crippen LogP contribution in [0.5, 0.6) is 0 Å². The van der Waals surface area contributed by atoms with E-state index in [1.54, 1.807) is 6.07 Å². The summed E-state index contributed by atoms with van der Waals surface area (Å²) in [4.78, 5) is 20.9. The number of benzene rings is 2. The Morgan fingerprint density at radius 2 is 1.79 bits per heavy atom. The summed E-state index contributed by atoms with van der Waals surface area (Å²) < 4.78 is 0. The molecule has 4 heteroatoms. The molecule has 0 atom stereocenters. The van der Waals surface area contributed by atoms with Crippen LogP contribution in [0.1, 0.15) is 32.6 Å². The van der Waals surface area contributed by atoms with Gasteiger partial charge in [0.25, 0.3) is 5.56 Å². The summed E-state index contributed by atoms with van der Waals surface area (Å²) in [6.07, 6.45) is 5.17. The quantitative estimate of drug-likeness (QED) is 0.472. The maximum Gasteiger partial charge on any atom is 0.259 e. The maximum absolute atomic E-state index is 12.2. The lowest BCUT2D eigenvalue weighted by molar-refractivity contribution is 0.706. The van der Waals surface area contributed by atoms with E-state index in [1.165, 1.54) is 30.6 Å². The zero-order chi connectivity index (χ0) is 16.8. The first kappa shape index (κ1) is 16.8. The number of unbranched alkanes of at least 4 members (excludes halogenated alkanes) is 3. The van der Waals surface area contributed by atoms with E-state index in [9.17, 15) is 4.79 Å². The van der Waals surface area contributed by atoms with Crippen molar-refractivity contribution in [2.75, 3.05) is 5.75 Å². The van der Waals surface area contributed by atoms with E-state index in [1.807, 2.05) is 42.1 Å². The third-order valence-corrected chi connectivity index (χ3v) is 5.11. The second kappa shape index (κ2) is 8.15. The van der Waals surface area contributed by atoms with Crippen molar-refractivity contribution in [1.82, 2.24) is 9.97 Å². The van der Waals surface area contributed by atoms with Crippen molar-refractivity contribution in [3.63, 3.8) is 0 Å². The van der Waals surface area contributed by atoms with Gasteiger partial charge in [0.1, 0.15) is 5.82 Å². The highest BCUT2D eigenvalue weighted by atomic mass is 32.2. The Balaban J connectivity index is 1.73. The van der Waals surface area contributed by atoms with E-state index >= 15 is 0 Å². The van der Waals surface area contributed by atoms with Crippen molar-refractivity contribution in [3.05, 3.63) is 58.9 Å².